The molecular formula is C12H3BrClF3N4. The average Bonchev–Trinajstić information content (AvgIpc) is 2.39. The predicted molar refractivity (Wildman–Crippen MR) is 71.6 cm³/mol. The Balaban J connectivity index is 3.41. The molecule has 1 rings (SSSR count). The molecule has 0 amide bonds. The highest BCUT2D eigenvalue weighted by Crippen LogP contribution is 2.39. The first kappa shape index (κ1) is 16.8. The first-order chi connectivity index (χ1) is 9.74. The summed E-state index contributed by atoms with van der Waals surface area (Å²) in [7, 11) is 0. The van der Waals surface area contributed by atoms with Gasteiger partial charge in [-0.05, 0) is 12.1 Å². The summed E-state index contributed by atoms with van der Waals surface area (Å²) < 4.78 is 38.1. The Bertz CT molecular complexity index is 719. The number of rotatable bonds is 2. The van der Waals surface area contributed by atoms with E-state index in [-0.39, 0.29) is 15.2 Å². The molecule has 0 unspecified atom stereocenters. The van der Waals surface area contributed by atoms with Crippen LogP contribution in [-0.2, 0) is 6.18 Å². The van der Waals surface area contributed by atoms with E-state index in [1.54, 1.807) is 0 Å². The maximum absolute atomic E-state index is 12.8. The Labute approximate surface area is 130 Å². The molecule has 1 aromatic carbocycles. The van der Waals surface area contributed by atoms with Crippen molar-refractivity contribution in [1.29, 1.82) is 15.8 Å². The molecule has 9 heteroatoms. The SMILES string of the molecule is N#CC(C#N)=C(C#N)Nc1cc(C(F)(F)F)c(Br)cc1Cl. The summed E-state index contributed by atoms with van der Waals surface area (Å²) in [5, 5.41) is 28.3. The minimum Gasteiger partial charge on any atom is -0.344 e. The van der Waals surface area contributed by atoms with Gasteiger partial charge in [0.2, 0.25) is 0 Å². The second kappa shape index (κ2) is 6.49. The third kappa shape index (κ3) is 3.88. The predicted octanol–water partition coefficient (Wildman–Crippen LogP) is 4.36. The van der Waals surface area contributed by atoms with Gasteiger partial charge < -0.3 is 5.32 Å². The van der Waals surface area contributed by atoms with E-state index >= 15 is 0 Å². The molecule has 0 radical (unpaired) electrons. The lowest BCUT2D eigenvalue weighted by atomic mass is 10.1. The number of nitrogens with one attached hydrogen (secondary N) is 1. The number of alkyl halides is 3. The van der Waals surface area contributed by atoms with Crippen molar-refractivity contribution in [3.05, 3.63) is 38.5 Å². The summed E-state index contributed by atoms with van der Waals surface area (Å²) in [5.41, 5.74) is -2.31. The summed E-state index contributed by atoms with van der Waals surface area (Å²) in [4.78, 5) is 0. The zero-order valence-corrected chi connectivity index (χ0v) is 12.2. The smallest absolute Gasteiger partial charge is 0.344 e. The van der Waals surface area contributed by atoms with Crippen molar-refractivity contribution in [2.75, 3.05) is 5.32 Å². The van der Waals surface area contributed by atoms with E-state index in [0.29, 0.717) is 6.07 Å². The minimum absolute atomic E-state index is 0.113. The quantitative estimate of drug-likeness (QED) is 0.779. The molecule has 1 N–H and O–H groups in total. The van der Waals surface area contributed by atoms with Crippen LogP contribution in [0.2, 0.25) is 5.02 Å². The molecule has 0 fully saturated rings. The summed E-state index contributed by atoms with van der Waals surface area (Å²) in [6.07, 6.45) is -4.64. The Kier molecular flexibility index (Phi) is 5.21. The topological polar surface area (TPSA) is 83.4 Å². The molecule has 0 heterocycles. The number of halogens is 5. The Morgan fingerprint density at radius 3 is 2.14 bits per heavy atom. The van der Waals surface area contributed by atoms with Gasteiger partial charge in [0.05, 0.1) is 16.3 Å². The summed E-state index contributed by atoms with van der Waals surface area (Å²) in [6.45, 7) is 0. The second-order valence-corrected chi connectivity index (χ2v) is 4.78. The van der Waals surface area contributed by atoms with Crippen molar-refractivity contribution in [3.8, 4) is 18.2 Å². The fourth-order valence-electron chi connectivity index (χ4n) is 1.28. The zero-order valence-electron chi connectivity index (χ0n) is 9.89. The van der Waals surface area contributed by atoms with Gasteiger partial charge in [-0.25, -0.2) is 0 Å². The monoisotopic (exact) mass is 374 g/mol. The van der Waals surface area contributed by atoms with E-state index in [9.17, 15) is 13.2 Å². The molecule has 1 aromatic rings. The van der Waals surface area contributed by atoms with E-state index in [1.165, 1.54) is 18.2 Å². The Hall–Kier alpha value is -2.21. The number of benzene rings is 1. The highest BCUT2D eigenvalue weighted by Gasteiger charge is 2.34. The number of anilines is 1. The van der Waals surface area contributed by atoms with Crippen LogP contribution in [0.15, 0.2) is 27.9 Å². The average molecular weight is 376 g/mol. The molecule has 0 saturated heterocycles. The van der Waals surface area contributed by atoms with Crippen LogP contribution in [0.4, 0.5) is 18.9 Å². The van der Waals surface area contributed by atoms with E-state index in [4.69, 9.17) is 27.4 Å². The van der Waals surface area contributed by atoms with E-state index in [1.807, 2.05) is 0 Å². The number of hydrogen-bond donors (Lipinski definition) is 1. The molecule has 0 saturated carbocycles. The molecule has 0 aliphatic heterocycles. The van der Waals surface area contributed by atoms with Gasteiger partial charge in [-0.15, -0.1) is 0 Å². The number of nitrogens with zero attached hydrogens (tertiary/aromatic N) is 3. The van der Waals surface area contributed by atoms with Crippen molar-refractivity contribution >= 4 is 33.2 Å². The van der Waals surface area contributed by atoms with Crippen molar-refractivity contribution in [2.24, 2.45) is 0 Å². The van der Waals surface area contributed by atoms with Gasteiger partial charge in [0.25, 0.3) is 0 Å². The Morgan fingerprint density at radius 2 is 1.71 bits per heavy atom. The lowest BCUT2D eigenvalue weighted by Crippen LogP contribution is -2.08. The van der Waals surface area contributed by atoms with Crippen LogP contribution in [0.1, 0.15) is 5.56 Å². The number of allylic oxidation sites excluding steroid dienone is 2. The molecule has 0 atom stereocenters. The van der Waals surface area contributed by atoms with Crippen LogP contribution < -0.4 is 5.32 Å². The third-order valence-electron chi connectivity index (χ3n) is 2.21. The lowest BCUT2D eigenvalue weighted by Gasteiger charge is -2.13. The number of hydrogen-bond acceptors (Lipinski definition) is 4. The normalized spacial score (nSPS) is 10.0. The molecule has 0 bridgehead atoms. The maximum atomic E-state index is 12.8. The van der Waals surface area contributed by atoms with Gasteiger partial charge in [0.15, 0.2) is 5.57 Å². The fourth-order valence-corrected chi connectivity index (χ4v) is 2.19. The molecule has 0 aromatic heterocycles. The highest BCUT2D eigenvalue weighted by molar-refractivity contribution is 9.10. The van der Waals surface area contributed by atoms with Crippen molar-refractivity contribution < 1.29 is 13.2 Å². The van der Waals surface area contributed by atoms with Crippen LogP contribution in [0, 0.1) is 34.0 Å². The standard InChI is InChI=1S/C12H3BrClF3N4/c13-8-2-9(14)10(1-7(8)12(15,16)17)21-11(5-20)6(3-18)4-19/h1-2,21H. The van der Waals surface area contributed by atoms with E-state index in [2.05, 4.69) is 21.2 Å². The fraction of sp³-hybridized carbons (Fsp3) is 0.0833. The number of nitriles is 3. The summed E-state index contributed by atoms with van der Waals surface area (Å²) >= 11 is 8.53. The van der Waals surface area contributed by atoms with Crippen LogP contribution >= 0.6 is 27.5 Å². The van der Waals surface area contributed by atoms with Crippen LogP contribution in [0.3, 0.4) is 0 Å². The lowest BCUT2D eigenvalue weighted by molar-refractivity contribution is -0.138. The first-order valence-corrected chi connectivity index (χ1v) is 6.19. The molecule has 0 spiro atoms. The van der Waals surface area contributed by atoms with E-state index < -0.39 is 23.0 Å². The van der Waals surface area contributed by atoms with Gasteiger partial charge in [-0.2, -0.15) is 29.0 Å². The molecule has 21 heavy (non-hydrogen) atoms. The van der Waals surface area contributed by atoms with Crippen LogP contribution in [0.25, 0.3) is 0 Å². The van der Waals surface area contributed by atoms with Gasteiger partial charge in [0.1, 0.15) is 23.9 Å². The van der Waals surface area contributed by atoms with Gasteiger partial charge in [-0.3, -0.25) is 0 Å². The Morgan fingerprint density at radius 1 is 1.14 bits per heavy atom. The summed E-state index contributed by atoms with van der Waals surface area (Å²) in [5.74, 6) is 0. The van der Waals surface area contributed by atoms with Gasteiger partial charge in [-0.1, -0.05) is 27.5 Å². The molecular weight excluding hydrogens is 373 g/mol. The molecule has 0 aliphatic carbocycles. The van der Waals surface area contributed by atoms with Crippen LogP contribution in [-0.4, -0.2) is 0 Å². The third-order valence-corrected chi connectivity index (χ3v) is 3.18. The first-order valence-electron chi connectivity index (χ1n) is 5.02. The van der Waals surface area contributed by atoms with Crippen molar-refractivity contribution in [3.63, 3.8) is 0 Å². The van der Waals surface area contributed by atoms with Gasteiger partial charge >= 0.3 is 6.18 Å². The second-order valence-electron chi connectivity index (χ2n) is 3.52. The minimum atomic E-state index is -4.64. The van der Waals surface area contributed by atoms with Crippen molar-refractivity contribution in [1.82, 2.24) is 0 Å². The largest absolute Gasteiger partial charge is 0.417 e. The maximum Gasteiger partial charge on any atom is 0.417 e. The highest BCUT2D eigenvalue weighted by atomic mass is 79.9. The summed E-state index contributed by atoms with van der Waals surface area (Å²) in [6, 6.07) is 6.12. The zero-order chi connectivity index (χ0) is 16.2. The molecule has 4 nitrogen and oxygen atoms in total. The van der Waals surface area contributed by atoms with Gasteiger partial charge in [0, 0.05) is 4.47 Å². The molecule has 0 aliphatic rings. The van der Waals surface area contributed by atoms with E-state index in [0.717, 1.165) is 6.07 Å². The van der Waals surface area contributed by atoms with Crippen molar-refractivity contribution in [2.45, 2.75) is 6.18 Å². The van der Waals surface area contributed by atoms with Crippen LogP contribution in [0.5, 0.6) is 0 Å². The molecule has 106 valence electrons.